The van der Waals surface area contributed by atoms with E-state index in [4.69, 9.17) is 4.42 Å². The van der Waals surface area contributed by atoms with Crippen LogP contribution in [-0.4, -0.2) is 17.6 Å². The molecule has 3 heteroatoms. The lowest BCUT2D eigenvalue weighted by Gasteiger charge is -2.39. The Morgan fingerprint density at radius 2 is 1.50 bits per heavy atom. The number of nitrogens with zero attached hydrogens (tertiary/aromatic N) is 2. The zero-order valence-electron chi connectivity index (χ0n) is 15.6. The molecular weight excluding hydrogens is 320 g/mol. The van der Waals surface area contributed by atoms with E-state index in [0.29, 0.717) is 0 Å². The highest BCUT2D eigenvalue weighted by Crippen LogP contribution is 2.46. The fourth-order valence-electron chi connectivity index (χ4n) is 4.15. The van der Waals surface area contributed by atoms with E-state index in [0.717, 1.165) is 16.9 Å². The maximum Gasteiger partial charge on any atom is 0.160 e. The zero-order valence-corrected chi connectivity index (χ0v) is 15.6. The number of para-hydroxylation sites is 1. The summed E-state index contributed by atoms with van der Waals surface area (Å²) in [6.45, 7) is 6.67. The van der Waals surface area contributed by atoms with Crippen LogP contribution in [0.1, 0.15) is 19.4 Å². The molecule has 0 spiro atoms. The SMILES string of the molecule is Cc1c(N2C=CN(C)C2(C)C)c2oc3ccccc3c2c2ccccc12. The Morgan fingerprint density at radius 1 is 0.846 bits per heavy atom. The normalized spacial score (nSPS) is 16.5. The van der Waals surface area contributed by atoms with Gasteiger partial charge in [-0.05, 0) is 43.2 Å². The number of anilines is 1. The molecule has 0 fully saturated rings. The number of benzene rings is 3. The van der Waals surface area contributed by atoms with Gasteiger partial charge in [0, 0.05) is 30.2 Å². The van der Waals surface area contributed by atoms with Gasteiger partial charge in [-0.15, -0.1) is 0 Å². The third kappa shape index (κ3) is 1.83. The van der Waals surface area contributed by atoms with Gasteiger partial charge in [0.15, 0.2) is 5.58 Å². The second-order valence-electron chi connectivity index (χ2n) is 7.60. The van der Waals surface area contributed by atoms with E-state index >= 15 is 0 Å². The summed E-state index contributed by atoms with van der Waals surface area (Å²) in [4.78, 5) is 4.57. The van der Waals surface area contributed by atoms with Crippen LogP contribution >= 0.6 is 0 Å². The van der Waals surface area contributed by atoms with Crippen molar-refractivity contribution in [2.45, 2.75) is 26.4 Å². The van der Waals surface area contributed by atoms with Gasteiger partial charge in [0.1, 0.15) is 11.2 Å². The van der Waals surface area contributed by atoms with Crippen molar-refractivity contribution < 1.29 is 4.42 Å². The highest BCUT2D eigenvalue weighted by molar-refractivity contribution is 6.23. The van der Waals surface area contributed by atoms with Gasteiger partial charge in [-0.3, -0.25) is 0 Å². The van der Waals surface area contributed by atoms with Gasteiger partial charge in [0.05, 0.1) is 5.69 Å². The van der Waals surface area contributed by atoms with Crippen molar-refractivity contribution in [1.82, 2.24) is 4.90 Å². The lowest BCUT2D eigenvalue weighted by Crippen LogP contribution is -2.46. The molecule has 4 aromatic rings. The zero-order chi connectivity index (χ0) is 18.1. The maximum atomic E-state index is 6.42. The molecule has 26 heavy (non-hydrogen) atoms. The van der Waals surface area contributed by atoms with Crippen molar-refractivity contribution in [3.05, 3.63) is 66.5 Å². The molecule has 3 aromatic carbocycles. The molecule has 0 amide bonds. The van der Waals surface area contributed by atoms with Crippen molar-refractivity contribution in [2.75, 3.05) is 11.9 Å². The monoisotopic (exact) mass is 342 g/mol. The number of aryl methyl sites for hydroxylation is 1. The van der Waals surface area contributed by atoms with Crippen LogP contribution in [0.25, 0.3) is 32.7 Å². The number of rotatable bonds is 1. The Balaban J connectivity index is 2.00. The molecule has 1 aromatic heterocycles. The Bertz CT molecular complexity index is 1200. The van der Waals surface area contributed by atoms with Gasteiger partial charge in [-0.25, -0.2) is 0 Å². The molecule has 2 heterocycles. The van der Waals surface area contributed by atoms with E-state index in [2.05, 4.69) is 92.5 Å². The van der Waals surface area contributed by atoms with Crippen LogP contribution < -0.4 is 4.90 Å². The summed E-state index contributed by atoms with van der Waals surface area (Å²) in [6.07, 6.45) is 4.28. The lowest BCUT2D eigenvalue weighted by atomic mass is 9.96. The number of hydrogen-bond donors (Lipinski definition) is 0. The third-order valence-electron chi connectivity index (χ3n) is 5.90. The van der Waals surface area contributed by atoms with E-state index in [1.54, 1.807) is 0 Å². The topological polar surface area (TPSA) is 19.6 Å². The minimum atomic E-state index is -0.154. The van der Waals surface area contributed by atoms with Crippen molar-refractivity contribution in [3.8, 4) is 0 Å². The van der Waals surface area contributed by atoms with Gasteiger partial charge in [0.25, 0.3) is 0 Å². The van der Waals surface area contributed by atoms with E-state index in [1.807, 2.05) is 6.07 Å². The van der Waals surface area contributed by atoms with Gasteiger partial charge in [-0.1, -0.05) is 42.5 Å². The Labute approximate surface area is 153 Å². The first kappa shape index (κ1) is 15.3. The van der Waals surface area contributed by atoms with Crippen LogP contribution in [0.2, 0.25) is 0 Å². The molecule has 0 unspecified atom stereocenters. The van der Waals surface area contributed by atoms with Crippen molar-refractivity contribution in [1.29, 1.82) is 0 Å². The molecule has 1 aliphatic rings. The quantitative estimate of drug-likeness (QED) is 0.422. The Hall–Kier alpha value is -2.94. The Kier molecular flexibility index (Phi) is 2.97. The van der Waals surface area contributed by atoms with Gasteiger partial charge >= 0.3 is 0 Å². The average molecular weight is 342 g/mol. The lowest BCUT2D eigenvalue weighted by molar-refractivity contribution is 0.253. The first-order valence-electron chi connectivity index (χ1n) is 9.03. The summed E-state index contributed by atoms with van der Waals surface area (Å²) >= 11 is 0. The first-order valence-corrected chi connectivity index (χ1v) is 9.03. The third-order valence-corrected chi connectivity index (χ3v) is 5.90. The molecule has 0 bridgehead atoms. The molecule has 3 nitrogen and oxygen atoms in total. The number of furan rings is 1. The van der Waals surface area contributed by atoms with Crippen molar-refractivity contribution in [2.24, 2.45) is 0 Å². The van der Waals surface area contributed by atoms with E-state index in [9.17, 15) is 0 Å². The standard InChI is InChI=1S/C23H22N2O/c1-15-16-9-5-6-10-17(16)20-18-11-7-8-12-19(18)26-22(20)21(15)25-14-13-24(4)23(25,2)3/h5-14H,1-4H3. The van der Waals surface area contributed by atoms with Gasteiger partial charge in [0.2, 0.25) is 0 Å². The summed E-state index contributed by atoms with van der Waals surface area (Å²) in [7, 11) is 2.11. The fraction of sp³-hybridized carbons (Fsp3) is 0.217. The number of hydrogen-bond acceptors (Lipinski definition) is 3. The minimum Gasteiger partial charge on any atom is -0.454 e. The largest absolute Gasteiger partial charge is 0.454 e. The van der Waals surface area contributed by atoms with Crippen molar-refractivity contribution >= 4 is 38.4 Å². The second kappa shape index (κ2) is 5.04. The van der Waals surface area contributed by atoms with Crippen LogP contribution in [0, 0.1) is 6.92 Å². The molecule has 0 saturated carbocycles. The smallest absolute Gasteiger partial charge is 0.160 e. The summed E-state index contributed by atoms with van der Waals surface area (Å²) in [5, 5.41) is 4.91. The highest BCUT2D eigenvalue weighted by Gasteiger charge is 2.36. The fourth-order valence-corrected chi connectivity index (χ4v) is 4.15. The summed E-state index contributed by atoms with van der Waals surface area (Å²) in [6, 6.07) is 17.0. The molecule has 5 rings (SSSR count). The summed E-state index contributed by atoms with van der Waals surface area (Å²) in [5.41, 5.74) is 4.16. The Morgan fingerprint density at radius 3 is 2.19 bits per heavy atom. The molecule has 0 atom stereocenters. The maximum absolute atomic E-state index is 6.42. The summed E-state index contributed by atoms with van der Waals surface area (Å²) in [5.74, 6) is 0. The molecule has 130 valence electrons. The highest BCUT2D eigenvalue weighted by atomic mass is 16.3. The van der Waals surface area contributed by atoms with Crippen LogP contribution in [0.5, 0.6) is 0 Å². The molecular formula is C23H22N2O. The minimum absolute atomic E-state index is 0.154. The van der Waals surface area contributed by atoms with Crippen LogP contribution in [0.4, 0.5) is 5.69 Å². The van der Waals surface area contributed by atoms with Crippen LogP contribution in [0.15, 0.2) is 65.3 Å². The summed E-state index contributed by atoms with van der Waals surface area (Å²) < 4.78 is 6.42. The van der Waals surface area contributed by atoms with Crippen LogP contribution in [0.3, 0.4) is 0 Å². The van der Waals surface area contributed by atoms with E-state index in [-0.39, 0.29) is 5.66 Å². The molecule has 0 radical (unpaired) electrons. The van der Waals surface area contributed by atoms with Crippen LogP contribution in [-0.2, 0) is 0 Å². The van der Waals surface area contributed by atoms with Crippen molar-refractivity contribution in [3.63, 3.8) is 0 Å². The molecule has 0 saturated heterocycles. The molecule has 1 aliphatic heterocycles. The second-order valence-corrected chi connectivity index (χ2v) is 7.60. The first-order chi connectivity index (χ1) is 12.5. The van der Waals surface area contributed by atoms with E-state index in [1.165, 1.54) is 27.1 Å². The predicted molar refractivity (Wildman–Crippen MR) is 109 cm³/mol. The van der Waals surface area contributed by atoms with Gasteiger partial charge in [-0.2, -0.15) is 0 Å². The van der Waals surface area contributed by atoms with E-state index < -0.39 is 0 Å². The predicted octanol–water partition coefficient (Wildman–Crippen LogP) is 6.01. The molecule has 0 N–H and O–H groups in total. The number of fused-ring (bicyclic) bond motifs is 5. The average Bonchev–Trinajstić information content (AvgIpc) is 3.14. The van der Waals surface area contributed by atoms with Gasteiger partial charge < -0.3 is 14.2 Å². The molecule has 0 aliphatic carbocycles.